The number of aliphatic hydroxyl groups is 1. The molecule has 1 unspecified atom stereocenters. The summed E-state index contributed by atoms with van der Waals surface area (Å²) in [5.74, 6) is 0. The van der Waals surface area contributed by atoms with E-state index in [1.165, 1.54) is 5.56 Å². The van der Waals surface area contributed by atoms with Crippen LogP contribution in [0.15, 0.2) is 30.3 Å². The lowest BCUT2D eigenvalue weighted by Gasteiger charge is -2.15. The molecule has 0 bridgehead atoms. The molecule has 0 aromatic heterocycles. The number of hydrogen-bond donors (Lipinski definition) is 2. The van der Waals surface area contributed by atoms with Gasteiger partial charge in [-0.25, -0.2) is 0 Å². The third kappa shape index (κ3) is 3.57. The summed E-state index contributed by atoms with van der Waals surface area (Å²) < 4.78 is 0. The fourth-order valence-corrected chi connectivity index (χ4v) is 1.21. The summed E-state index contributed by atoms with van der Waals surface area (Å²) in [6, 6.07) is 10.5. The summed E-state index contributed by atoms with van der Waals surface area (Å²) in [5, 5.41) is 12.3. The highest BCUT2D eigenvalue weighted by molar-refractivity contribution is 5.17. The Balaban J connectivity index is 2.44. The molecule has 2 nitrogen and oxygen atoms in total. The molecule has 1 aromatic carbocycles. The molecule has 0 radical (unpaired) electrons. The van der Waals surface area contributed by atoms with Crippen molar-refractivity contribution in [2.75, 3.05) is 6.54 Å². The maximum absolute atomic E-state index is 9.09. The van der Waals surface area contributed by atoms with Gasteiger partial charge in [0, 0.05) is 12.6 Å². The first-order chi connectivity index (χ1) is 6.20. The van der Waals surface area contributed by atoms with E-state index < -0.39 is 0 Å². The Morgan fingerprint density at radius 3 is 2.38 bits per heavy atom. The first-order valence-corrected chi connectivity index (χ1v) is 4.66. The van der Waals surface area contributed by atoms with Crippen LogP contribution >= 0.6 is 0 Å². The molecule has 2 N–H and O–H groups in total. The van der Waals surface area contributed by atoms with Crippen LogP contribution < -0.4 is 5.32 Å². The van der Waals surface area contributed by atoms with Crippen LogP contribution in [-0.4, -0.2) is 17.8 Å². The zero-order valence-corrected chi connectivity index (χ0v) is 8.20. The maximum Gasteiger partial charge on any atom is 0.0636 e. The Bertz CT molecular complexity index is 233. The summed E-state index contributed by atoms with van der Waals surface area (Å²) in [5.41, 5.74) is 1.25. The van der Waals surface area contributed by atoms with E-state index in [4.69, 9.17) is 5.11 Å². The van der Waals surface area contributed by atoms with Gasteiger partial charge in [0.15, 0.2) is 0 Å². The molecule has 2 heteroatoms. The van der Waals surface area contributed by atoms with E-state index >= 15 is 0 Å². The van der Waals surface area contributed by atoms with E-state index in [1.807, 2.05) is 18.2 Å². The number of nitrogens with one attached hydrogen (secondary N) is 1. The minimum absolute atomic E-state index is 0.286. The molecule has 0 aliphatic rings. The number of hydrogen-bond acceptors (Lipinski definition) is 2. The molecule has 1 aromatic rings. The van der Waals surface area contributed by atoms with Gasteiger partial charge in [-0.3, -0.25) is 0 Å². The SMILES string of the molecule is CC(O)CN[C@@H](C)c1ccccc1. The molecule has 0 aliphatic carbocycles. The van der Waals surface area contributed by atoms with Gasteiger partial charge in [-0.05, 0) is 19.4 Å². The smallest absolute Gasteiger partial charge is 0.0636 e. The fraction of sp³-hybridized carbons (Fsp3) is 0.455. The Kier molecular flexibility index (Phi) is 3.93. The van der Waals surface area contributed by atoms with Crippen molar-refractivity contribution in [3.05, 3.63) is 35.9 Å². The standard InChI is InChI=1S/C11H17NO/c1-9(13)8-12-10(2)11-6-4-3-5-7-11/h3-7,9-10,12-13H,8H2,1-2H3/t9?,10-/m0/s1. The molecule has 0 amide bonds. The molecule has 0 spiro atoms. The van der Waals surface area contributed by atoms with Gasteiger partial charge < -0.3 is 10.4 Å². The Morgan fingerprint density at radius 1 is 1.23 bits per heavy atom. The van der Waals surface area contributed by atoms with E-state index in [2.05, 4.69) is 24.4 Å². The predicted octanol–water partition coefficient (Wildman–Crippen LogP) is 1.72. The lowest BCUT2D eigenvalue weighted by Crippen LogP contribution is -2.27. The van der Waals surface area contributed by atoms with Gasteiger partial charge in [0.1, 0.15) is 0 Å². The Morgan fingerprint density at radius 2 is 1.85 bits per heavy atom. The molecule has 1 rings (SSSR count). The average Bonchev–Trinajstić information content (AvgIpc) is 2.15. The second-order valence-corrected chi connectivity index (χ2v) is 3.39. The van der Waals surface area contributed by atoms with Gasteiger partial charge in [-0.2, -0.15) is 0 Å². The van der Waals surface area contributed by atoms with Gasteiger partial charge in [0.2, 0.25) is 0 Å². The Hall–Kier alpha value is -0.860. The molecular formula is C11H17NO. The van der Waals surface area contributed by atoms with Crippen LogP contribution in [0.4, 0.5) is 0 Å². The van der Waals surface area contributed by atoms with Crippen molar-refractivity contribution in [1.82, 2.24) is 5.32 Å². The van der Waals surface area contributed by atoms with Gasteiger partial charge >= 0.3 is 0 Å². The van der Waals surface area contributed by atoms with Crippen molar-refractivity contribution in [2.45, 2.75) is 26.0 Å². The van der Waals surface area contributed by atoms with Crippen molar-refractivity contribution in [3.63, 3.8) is 0 Å². The highest BCUT2D eigenvalue weighted by atomic mass is 16.3. The minimum Gasteiger partial charge on any atom is -0.392 e. The zero-order chi connectivity index (χ0) is 9.68. The molecule has 72 valence electrons. The number of rotatable bonds is 4. The van der Waals surface area contributed by atoms with Crippen LogP contribution in [-0.2, 0) is 0 Å². The summed E-state index contributed by atoms with van der Waals surface area (Å²) in [6.45, 7) is 4.51. The molecule has 0 saturated heterocycles. The molecule has 13 heavy (non-hydrogen) atoms. The largest absolute Gasteiger partial charge is 0.392 e. The quantitative estimate of drug-likeness (QED) is 0.737. The van der Waals surface area contributed by atoms with Crippen LogP contribution in [0.3, 0.4) is 0 Å². The van der Waals surface area contributed by atoms with Crippen molar-refractivity contribution in [2.24, 2.45) is 0 Å². The van der Waals surface area contributed by atoms with Gasteiger partial charge in [0.25, 0.3) is 0 Å². The van der Waals surface area contributed by atoms with Crippen LogP contribution in [0.1, 0.15) is 25.5 Å². The molecule has 0 saturated carbocycles. The van der Waals surface area contributed by atoms with Crippen LogP contribution in [0.2, 0.25) is 0 Å². The normalized spacial score (nSPS) is 15.3. The molecule has 0 aliphatic heterocycles. The van der Waals surface area contributed by atoms with Gasteiger partial charge in [-0.15, -0.1) is 0 Å². The van der Waals surface area contributed by atoms with Crippen molar-refractivity contribution in [3.8, 4) is 0 Å². The van der Waals surface area contributed by atoms with Crippen molar-refractivity contribution < 1.29 is 5.11 Å². The summed E-state index contributed by atoms with van der Waals surface area (Å²) in [7, 11) is 0. The molecule has 0 heterocycles. The third-order valence-corrected chi connectivity index (χ3v) is 2.02. The van der Waals surface area contributed by atoms with E-state index in [0.29, 0.717) is 12.6 Å². The van der Waals surface area contributed by atoms with Crippen LogP contribution in [0.5, 0.6) is 0 Å². The first kappa shape index (κ1) is 10.2. The van der Waals surface area contributed by atoms with E-state index in [0.717, 1.165) is 0 Å². The highest BCUT2D eigenvalue weighted by Gasteiger charge is 2.04. The molecule has 0 fully saturated rings. The zero-order valence-electron chi connectivity index (χ0n) is 8.20. The van der Waals surface area contributed by atoms with E-state index in [9.17, 15) is 0 Å². The van der Waals surface area contributed by atoms with Crippen LogP contribution in [0, 0.1) is 0 Å². The first-order valence-electron chi connectivity index (χ1n) is 4.66. The minimum atomic E-state index is -0.286. The average molecular weight is 179 g/mol. The topological polar surface area (TPSA) is 32.3 Å². The lowest BCUT2D eigenvalue weighted by atomic mass is 10.1. The summed E-state index contributed by atoms with van der Waals surface area (Å²) in [6.07, 6.45) is -0.286. The highest BCUT2D eigenvalue weighted by Crippen LogP contribution is 2.10. The number of benzene rings is 1. The fourth-order valence-electron chi connectivity index (χ4n) is 1.21. The van der Waals surface area contributed by atoms with Gasteiger partial charge in [0.05, 0.1) is 6.10 Å². The molecule has 2 atom stereocenters. The number of aliphatic hydroxyl groups excluding tert-OH is 1. The second-order valence-electron chi connectivity index (χ2n) is 3.39. The second kappa shape index (κ2) is 5.00. The van der Waals surface area contributed by atoms with Crippen LogP contribution in [0.25, 0.3) is 0 Å². The maximum atomic E-state index is 9.09. The van der Waals surface area contributed by atoms with Gasteiger partial charge in [-0.1, -0.05) is 30.3 Å². The van der Waals surface area contributed by atoms with E-state index in [1.54, 1.807) is 6.92 Å². The van der Waals surface area contributed by atoms with Crippen molar-refractivity contribution >= 4 is 0 Å². The predicted molar refractivity (Wildman–Crippen MR) is 54.5 cm³/mol. The monoisotopic (exact) mass is 179 g/mol. The Labute approximate surface area is 79.6 Å². The van der Waals surface area contributed by atoms with E-state index in [-0.39, 0.29) is 6.10 Å². The lowest BCUT2D eigenvalue weighted by molar-refractivity contribution is 0.187. The summed E-state index contributed by atoms with van der Waals surface area (Å²) >= 11 is 0. The molecular weight excluding hydrogens is 162 g/mol. The third-order valence-electron chi connectivity index (χ3n) is 2.02. The van der Waals surface area contributed by atoms with Crippen molar-refractivity contribution in [1.29, 1.82) is 0 Å². The summed E-state index contributed by atoms with van der Waals surface area (Å²) in [4.78, 5) is 0.